The van der Waals surface area contributed by atoms with Gasteiger partial charge in [0.25, 0.3) is 5.91 Å². The summed E-state index contributed by atoms with van der Waals surface area (Å²) in [6.07, 6.45) is 2.48. The first-order valence-corrected chi connectivity index (χ1v) is 10.6. The molecule has 0 radical (unpaired) electrons. The molecule has 0 unspecified atom stereocenters. The van der Waals surface area contributed by atoms with E-state index < -0.39 is 0 Å². The number of thiazole rings is 1. The molecule has 4 rings (SSSR count). The van der Waals surface area contributed by atoms with Crippen molar-refractivity contribution in [1.82, 2.24) is 15.3 Å². The molecule has 3 aromatic heterocycles. The summed E-state index contributed by atoms with van der Waals surface area (Å²) in [6, 6.07) is 11.7. The maximum Gasteiger partial charge on any atom is 0.261 e. The molecule has 6 nitrogen and oxygen atoms in total. The second-order valence-corrected chi connectivity index (χ2v) is 8.50. The van der Waals surface area contributed by atoms with Gasteiger partial charge in [-0.3, -0.25) is 9.78 Å². The third-order valence-corrected chi connectivity index (χ3v) is 6.47. The van der Waals surface area contributed by atoms with Crippen LogP contribution in [0.3, 0.4) is 0 Å². The van der Waals surface area contributed by atoms with Gasteiger partial charge in [0.05, 0.1) is 16.2 Å². The van der Waals surface area contributed by atoms with Crippen LogP contribution in [-0.2, 0) is 0 Å². The van der Waals surface area contributed by atoms with Crippen molar-refractivity contribution in [3.8, 4) is 5.75 Å². The normalized spacial score (nSPS) is 11.1. The molecular weight excluding hydrogens is 392 g/mol. The smallest absolute Gasteiger partial charge is 0.261 e. The van der Waals surface area contributed by atoms with E-state index in [0.717, 1.165) is 37.7 Å². The Labute approximate surface area is 170 Å². The topological polar surface area (TPSA) is 67.4 Å². The number of rotatable bonds is 7. The molecule has 8 heteroatoms. The zero-order valence-corrected chi connectivity index (χ0v) is 17.3. The average molecular weight is 413 g/mol. The SMILES string of the molecule is CN(C)c1nc2sc(C(=O)NCCCOc3cccc4cccnc34)cc2s1. The quantitative estimate of drug-likeness (QED) is 0.462. The summed E-state index contributed by atoms with van der Waals surface area (Å²) in [5.41, 5.74) is 0.859. The predicted molar refractivity (Wildman–Crippen MR) is 116 cm³/mol. The van der Waals surface area contributed by atoms with E-state index in [1.807, 2.05) is 55.4 Å². The van der Waals surface area contributed by atoms with Gasteiger partial charge in [-0.05, 0) is 24.6 Å². The van der Waals surface area contributed by atoms with Crippen molar-refractivity contribution >= 4 is 54.1 Å². The van der Waals surface area contributed by atoms with E-state index in [0.29, 0.717) is 18.0 Å². The number of ether oxygens (including phenoxy) is 1. The Kier molecular flexibility index (Phi) is 5.40. The molecule has 0 atom stereocenters. The number of anilines is 1. The van der Waals surface area contributed by atoms with Gasteiger partial charge in [-0.25, -0.2) is 4.98 Å². The van der Waals surface area contributed by atoms with Gasteiger partial charge in [0.15, 0.2) is 5.13 Å². The highest BCUT2D eigenvalue weighted by Crippen LogP contribution is 2.33. The summed E-state index contributed by atoms with van der Waals surface area (Å²) in [5.74, 6) is 0.708. The summed E-state index contributed by atoms with van der Waals surface area (Å²) >= 11 is 3.02. The van der Waals surface area contributed by atoms with Crippen molar-refractivity contribution in [2.45, 2.75) is 6.42 Å². The molecular formula is C20H20N4O2S2. The number of aromatic nitrogens is 2. The fourth-order valence-corrected chi connectivity index (χ4v) is 4.81. The number of nitrogens with one attached hydrogen (secondary N) is 1. The van der Waals surface area contributed by atoms with Crippen LogP contribution in [0.4, 0.5) is 5.13 Å². The van der Waals surface area contributed by atoms with Crippen molar-refractivity contribution in [2.75, 3.05) is 32.1 Å². The van der Waals surface area contributed by atoms with Gasteiger partial charge in [-0.1, -0.05) is 29.5 Å². The van der Waals surface area contributed by atoms with E-state index in [4.69, 9.17) is 4.74 Å². The first kappa shape index (κ1) is 18.6. The number of carbonyl (C=O) groups excluding carboxylic acids is 1. The molecule has 1 amide bonds. The number of amides is 1. The maximum atomic E-state index is 12.4. The van der Waals surface area contributed by atoms with Gasteiger partial charge >= 0.3 is 0 Å². The second kappa shape index (κ2) is 8.12. The first-order chi connectivity index (χ1) is 13.6. The van der Waals surface area contributed by atoms with Crippen molar-refractivity contribution in [2.24, 2.45) is 0 Å². The molecule has 0 fully saturated rings. The molecule has 0 saturated heterocycles. The van der Waals surface area contributed by atoms with Gasteiger partial charge in [0.1, 0.15) is 16.1 Å². The van der Waals surface area contributed by atoms with Crippen molar-refractivity contribution < 1.29 is 9.53 Å². The third kappa shape index (κ3) is 3.93. The number of para-hydroxylation sites is 1. The number of hydrogen-bond donors (Lipinski definition) is 1. The molecule has 0 bridgehead atoms. The Bertz CT molecular complexity index is 1080. The van der Waals surface area contributed by atoms with Gasteiger partial charge in [0, 0.05) is 32.2 Å². The monoisotopic (exact) mass is 412 g/mol. The van der Waals surface area contributed by atoms with Crippen LogP contribution < -0.4 is 15.0 Å². The number of nitrogens with zero attached hydrogens (tertiary/aromatic N) is 3. The van der Waals surface area contributed by atoms with Crippen LogP contribution in [0, 0.1) is 0 Å². The van der Waals surface area contributed by atoms with Crippen LogP contribution in [-0.4, -0.2) is 43.1 Å². The van der Waals surface area contributed by atoms with Crippen LogP contribution in [0.15, 0.2) is 42.6 Å². The molecule has 0 aliphatic heterocycles. The van der Waals surface area contributed by atoms with Crippen LogP contribution in [0.5, 0.6) is 5.75 Å². The van der Waals surface area contributed by atoms with Gasteiger partial charge in [-0.15, -0.1) is 11.3 Å². The van der Waals surface area contributed by atoms with Crippen LogP contribution >= 0.6 is 22.7 Å². The lowest BCUT2D eigenvalue weighted by atomic mass is 10.2. The van der Waals surface area contributed by atoms with Crippen LogP contribution in [0.2, 0.25) is 0 Å². The van der Waals surface area contributed by atoms with E-state index in [9.17, 15) is 4.79 Å². The predicted octanol–water partition coefficient (Wildman–Crippen LogP) is 4.17. The molecule has 144 valence electrons. The standard InChI is InChI=1S/C20H20N4O2S2/c1-24(2)20-23-19-16(28-20)12-15(27-19)18(25)22-10-5-11-26-14-8-3-6-13-7-4-9-21-17(13)14/h3-4,6-9,12H,5,10-11H2,1-2H3,(H,22,25). The Morgan fingerprint density at radius 1 is 1.21 bits per heavy atom. The minimum Gasteiger partial charge on any atom is -0.491 e. The molecule has 0 spiro atoms. The molecule has 1 aromatic carbocycles. The highest BCUT2D eigenvalue weighted by Gasteiger charge is 2.14. The molecule has 4 aromatic rings. The van der Waals surface area contributed by atoms with Crippen LogP contribution in [0.1, 0.15) is 16.1 Å². The Morgan fingerprint density at radius 3 is 2.89 bits per heavy atom. The molecule has 0 saturated carbocycles. The number of fused-ring (bicyclic) bond motifs is 2. The van der Waals surface area contributed by atoms with Crippen molar-refractivity contribution in [3.63, 3.8) is 0 Å². The summed E-state index contributed by atoms with van der Waals surface area (Å²) in [5, 5.41) is 4.96. The fraction of sp³-hybridized carbons (Fsp3) is 0.250. The minimum atomic E-state index is -0.0616. The maximum absolute atomic E-state index is 12.4. The largest absolute Gasteiger partial charge is 0.491 e. The molecule has 0 aliphatic carbocycles. The second-order valence-electron chi connectivity index (χ2n) is 6.46. The molecule has 1 N–H and O–H groups in total. The average Bonchev–Trinajstić information content (AvgIpc) is 3.27. The lowest BCUT2D eigenvalue weighted by Crippen LogP contribution is -2.24. The lowest BCUT2D eigenvalue weighted by molar-refractivity contribution is 0.0955. The Hall–Kier alpha value is -2.71. The Balaban J connectivity index is 1.28. The molecule has 28 heavy (non-hydrogen) atoms. The van der Waals surface area contributed by atoms with E-state index in [-0.39, 0.29) is 5.91 Å². The third-order valence-electron chi connectivity index (χ3n) is 4.14. The highest BCUT2D eigenvalue weighted by molar-refractivity contribution is 7.29. The Morgan fingerprint density at radius 2 is 2.07 bits per heavy atom. The lowest BCUT2D eigenvalue weighted by Gasteiger charge is -2.09. The number of hydrogen-bond acceptors (Lipinski definition) is 7. The zero-order valence-electron chi connectivity index (χ0n) is 15.6. The first-order valence-electron chi connectivity index (χ1n) is 8.94. The zero-order chi connectivity index (χ0) is 19.5. The highest BCUT2D eigenvalue weighted by atomic mass is 32.1. The van der Waals surface area contributed by atoms with Gasteiger partial charge in [-0.2, -0.15) is 0 Å². The van der Waals surface area contributed by atoms with Crippen LogP contribution in [0.25, 0.3) is 20.4 Å². The van der Waals surface area contributed by atoms with Crippen molar-refractivity contribution in [1.29, 1.82) is 0 Å². The number of thiophene rings is 1. The number of pyridine rings is 1. The van der Waals surface area contributed by atoms with E-state index in [1.54, 1.807) is 17.5 Å². The van der Waals surface area contributed by atoms with Gasteiger partial charge < -0.3 is 15.0 Å². The molecule has 3 heterocycles. The summed E-state index contributed by atoms with van der Waals surface area (Å²) < 4.78 is 6.90. The van der Waals surface area contributed by atoms with E-state index in [2.05, 4.69) is 15.3 Å². The fourth-order valence-electron chi connectivity index (χ4n) is 2.76. The van der Waals surface area contributed by atoms with E-state index >= 15 is 0 Å². The number of carbonyl (C=O) groups is 1. The molecule has 0 aliphatic rings. The number of benzene rings is 1. The summed E-state index contributed by atoms with van der Waals surface area (Å²) in [7, 11) is 3.93. The minimum absolute atomic E-state index is 0.0616. The summed E-state index contributed by atoms with van der Waals surface area (Å²) in [4.78, 5) is 24.8. The van der Waals surface area contributed by atoms with Gasteiger partial charge in [0.2, 0.25) is 0 Å². The van der Waals surface area contributed by atoms with E-state index in [1.165, 1.54) is 11.3 Å². The summed E-state index contributed by atoms with van der Waals surface area (Å²) in [6.45, 7) is 1.07. The van der Waals surface area contributed by atoms with Crippen molar-refractivity contribution in [3.05, 3.63) is 47.5 Å².